The number of esters is 1. The van der Waals surface area contributed by atoms with E-state index in [-0.39, 0.29) is 5.91 Å². The minimum absolute atomic E-state index is 0.271. The molecule has 0 aliphatic rings. The van der Waals surface area contributed by atoms with Gasteiger partial charge < -0.3 is 10.1 Å². The largest absolute Gasteiger partial charge is 0.465 e. The minimum Gasteiger partial charge on any atom is -0.465 e. The van der Waals surface area contributed by atoms with Crippen molar-refractivity contribution >= 4 is 23.2 Å². The van der Waals surface area contributed by atoms with Gasteiger partial charge in [0, 0.05) is 11.9 Å². The number of aromatic nitrogens is 2. The van der Waals surface area contributed by atoms with E-state index in [2.05, 4.69) is 10.3 Å². The average molecular weight is 323 g/mol. The normalized spacial score (nSPS) is 10.6. The summed E-state index contributed by atoms with van der Waals surface area (Å²) in [5.41, 5.74) is 2.85. The number of ether oxygens (including phenoxy) is 1. The molecule has 0 atom stereocenters. The topological polar surface area (TPSA) is 72.7 Å². The number of carbonyl (C=O) groups excluding carboxylic acids is 2. The van der Waals surface area contributed by atoms with Crippen LogP contribution in [0.4, 0.5) is 5.69 Å². The summed E-state index contributed by atoms with van der Waals surface area (Å²) in [7, 11) is 1.32. The Labute approximate surface area is 139 Å². The number of pyridine rings is 1. The van der Waals surface area contributed by atoms with Crippen molar-refractivity contribution in [1.29, 1.82) is 0 Å². The molecule has 0 saturated carbocycles. The zero-order valence-corrected chi connectivity index (χ0v) is 13.4. The molecular formula is C18H17N3O3. The van der Waals surface area contributed by atoms with Crippen molar-refractivity contribution in [3.63, 3.8) is 0 Å². The number of amides is 1. The summed E-state index contributed by atoms with van der Waals surface area (Å²) in [6, 6.07) is 12.2. The zero-order valence-electron chi connectivity index (χ0n) is 13.4. The molecule has 0 spiro atoms. The van der Waals surface area contributed by atoms with Gasteiger partial charge in [-0.05, 0) is 36.8 Å². The summed E-state index contributed by atoms with van der Waals surface area (Å²) >= 11 is 0. The number of nitrogens with zero attached hydrogens (tertiary/aromatic N) is 2. The average Bonchev–Trinajstić information content (AvgIpc) is 3.00. The molecule has 0 radical (unpaired) electrons. The van der Waals surface area contributed by atoms with Gasteiger partial charge in [-0.2, -0.15) is 0 Å². The minimum atomic E-state index is -0.449. The number of carbonyl (C=O) groups is 2. The van der Waals surface area contributed by atoms with Crippen LogP contribution in [0.5, 0.6) is 0 Å². The Morgan fingerprint density at radius 2 is 2.04 bits per heavy atom. The number of benzene rings is 1. The molecule has 122 valence electrons. The standard InChI is InChI=1S/C18H17N3O3/c1-3-14-16(21-10-5-4-9-15(21)20-14)17(22)19-13-8-6-7-12(11-13)18(23)24-2/h4-11H,3H2,1-2H3,(H,19,22). The number of hydrogen-bond donors (Lipinski definition) is 1. The molecule has 0 aliphatic heterocycles. The van der Waals surface area contributed by atoms with Crippen LogP contribution >= 0.6 is 0 Å². The third-order valence-electron chi connectivity index (χ3n) is 3.69. The Morgan fingerprint density at radius 3 is 2.79 bits per heavy atom. The summed E-state index contributed by atoms with van der Waals surface area (Å²) in [6.45, 7) is 1.95. The van der Waals surface area contributed by atoms with Crippen LogP contribution in [-0.2, 0) is 11.2 Å². The smallest absolute Gasteiger partial charge is 0.337 e. The van der Waals surface area contributed by atoms with Crippen LogP contribution in [0.25, 0.3) is 5.65 Å². The highest BCUT2D eigenvalue weighted by atomic mass is 16.5. The maximum absolute atomic E-state index is 12.7. The van der Waals surface area contributed by atoms with Crippen molar-refractivity contribution in [2.75, 3.05) is 12.4 Å². The van der Waals surface area contributed by atoms with Crippen molar-refractivity contribution in [1.82, 2.24) is 9.38 Å². The predicted molar refractivity (Wildman–Crippen MR) is 90.3 cm³/mol. The lowest BCUT2D eigenvalue weighted by atomic mass is 10.2. The molecule has 0 saturated heterocycles. The fourth-order valence-corrected chi connectivity index (χ4v) is 2.56. The highest BCUT2D eigenvalue weighted by molar-refractivity contribution is 6.05. The van der Waals surface area contributed by atoms with Gasteiger partial charge in [0.2, 0.25) is 0 Å². The lowest BCUT2D eigenvalue weighted by Gasteiger charge is -2.08. The molecule has 1 amide bonds. The Hall–Kier alpha value is -3.15. The molecule has 6 nitrogen and oxygen atoms in total. The van der Waals surface area contributed by atoms with Crippen molar-refractivity contribution in [3.8, 4) is 0 Å². The molecular weight excluding hydrogens is 306 g/mol. The Balaban J connectivity index is 1.95. The van der Waals surface area contributed by atoms with Crippen LogP contribution < -0.4 is 5.32 Å². The van der Waals surface area contributed by atoms with Gasteiger partial charge in [0.25, 0.3) is 5.91 Å². The van der Waals surface area contributed by atoms with Crippen LogP contribution in [0.2, 0.25) is 0 Å². The third-order valence-corrected chi connectivity index (χ3v) is 3.69. The van der Waals surface area contributed by atoms with E-state index >= 15 is 0 Å². The molecule has 2 aromatic heterocycles. The summed E-state index contributed by atoms with van der Waals surface area (Å²) < 4.78 is 6.46. The van der Waals surface area contributed by atoms with Gasteiger partial charge in [0.05, 0.1) is 18.4 Å². The Bertz CT molecular complexity index is 915. The fourth-order valence-electron chi connectivity index (χ4n) is 2.56. The van der Waals surface area contributed by atoms with Gasteiger partial charge in [0.15, 0.2) is 0 Å². The monoisotopic (exact) mass is 323 g/mol. The SMILES string of the molecule is CCc1nc2ccccn2c1C(=O)Nc1cccc(C(=O)OC)c1. The summed E-state index contributed by atoms with van der Waals surface area (Å²) in [5.74, 6) is -0.720. The first kappa shape index (κ1) is 15.7. The zero-order chi connectivity index (χ0) is 17.1. The van der Waals surface area contributed by atoms with E-state index in [9.17, 15) is 9.59 Å². The number of anilines is 1. The first-order valence-corrected chi connectivity index (χ1v) is 7.59. The third kappa shape index (κ3) is 2.86. The van der Waals surface area contributed by atoms with E-state index in [1.54, 1.807) is 34.9 Å². The highest BCUT2D eigenvalue weighted by Crippen LogP contribution is 2.17. The molecule has 0 aliphatic carbocycles. The number of aryl methyl sites for hydroxylation is 1. The molecule has 1 N–H and O–H groups in total. The van der Waals surface area contributed by atoms with Gasteiger partial charge in [0.1, 0.15) is 11.3 Å². The van der Waals surface area contributed by atoms with Gasteiger partial charge in [-0.3, -0.25) is 9.20 Å². The van der Waals surface area contributed by atoms with Gasteiger partial charge >= 0.3 is 5.97 Å². The summed E-state index contributed by atoms with van der Waals surface area (Å²) in [6.07, 6.45) is 2.45. The van der Waals surface area contributed by atoms with Crippen molar-refractivity contribution in [2.45, 2.75) is 13.3 Å². The van der Waals surface area contributed by atoms with E-state index in [4.69, 9.17) is 4.74 Å². The fraction of sp³-hybridized carbons (Fsp3) is 0.167. The molecule has 0 unspecified atom stereocenters. The van der Waals surface area contributed by atoms with Crippen molar-refractivity contribution in [2.24, 2.45) is 0 Å². The number of imidazole rings is 1. The van der Waals surface area contributed by atoms with E-state index in [1.807, 2.05) is 25.1 Å². The highest BCUT2D eigenvalue weighted by Gasteiger charge is 2.18. The maximum Gasteiger partial charge on any atom is 0.337 e. The van der Waals surface area contributed by atoms with Crippen LogP contribution in [0, 0.1) is 0 Å². The lowest BCUT2D eigenvalue weighted by molar-refractivity contribution is 0.0600. The number of methoxy groups -OCH3 is 1. The lowest BCUT2D eigenvalue weighted by Crippen LogP contribution is -2.16. The Kier molecular flexibility index (Phi) is 4.29. The van der Waals surface area contributed by atoms with E-state index in [0.29, 0.717) is 23.4 Å². The van der Waals surface area contributed by atoms with Crippen LogP contribution in [0.1, 0.15) is 33.5 Å². The number of hydrogen-bond acceptors (Lipinski definition) is 4. The summed E-state index contributed by atoms with van der Waals surface area (Å²) in [5, 5.41) is 2.82. The molecule has 3 aromatic rings. The first-order valence-electron chi connectivity index (χ1n) is 7.59. The molecule has 24 heavy (non-hydrogen) atoms. The molecule has 0 bridgehead atoms. The Morgan fingerprint density at radius 1 is 1.21 bits per heavy atom. The van der Waals surface area contributed by atoms with E-state index in [1.165, 1.54) is 7.11 Å². The molecule has 6 heteroatoms. The van der Waals surface area contributed by atoms with E-state index < -0.39 is 5.97 Å². The molecule has 2 heterocycles. The number of nitrogens with one attached hydrogen (secondary N) is 1. The molecule has 3 rings (SSSR count). The number of fused-ring (bicyclic) bond motifs is 1. The van der Waals surface area contributed by atoms with Crippen LogP contribution in [0.15, 0.2) is 48.7 Å². The predicted octanol–water partition coefficient (Wildman–Crippen LogP) is 2.94. The van der Waals surface area contributed by atoms with Crippen molar-refractivity contribution in [3.05, 3.63) is 65.6 Å². The molecule has 0 fully saturated rings. The molecule has 1 aromatic carbocycles. The first-order chi connectivity index (χ1) is 11.6. The second-order valence-corrected chi connectivity index (χ2v) is 5.22. The summed E-state index contributed by atoms with van der Waals surface area (Å²) in [4.78, 5) is 28.8. The van der Waals surface area contributed by atoms with E-state index in [0.717, 1.165) is 11.3 Å². The van der Waals surface area contributed by atoms with Crippen molar-refractivity contribution < 1.29 is 14.3 Å². The van der Waals surface area contributed by atoms with Gasteiger partial charge in [-0.25, -0.2) is 9.78 Å². The second-order valence-electron chi connectivity index (χ2n) is 5.22. The maximum atomic E-state index is 12.7. The second kappa shape index (κ2) is 6.54. The quantitative estimate of drug-likeness (QED) is 0.749. The van der Waals surface area contributed by atoms with Gasteiger partial charge in [-0.15, -0.1) is 0 Å². The number of rotatable bonds is 4. The van der Waals surface area contributed by atoms with Gasteiger partial charge in [-0.1, -0.05) is 19.1 Å². The van der Waals surface area contributed by atoms with Crippen LogP contribution in [0.3, 0.4) is 0 Å². The van der Waals surface area contributed by atoms with Crippen LogP contribution in [-0.4, -0.2) is 28.4 Å².